The van der Waals surface area contributed by atoms with Crippen LogP contribution < -0.4 is 4.74 Å². The maximum atomic E-state index is 12.1. The molecule has 0 heterocycles. The zero-order valence-electron chi connectivity index (χ0n) is 13.2. The lowest BCUT2D eigenvalue weighted by molar-refractivity contribution is 0.173. The summed E-state index contributed by atoms with van der Waals surface area (Å²) in [5.41, 5.74) is 0.853. The van der Waals surface area contributed by atoms with Gasteiger partial charge in [-0.15, -0.1) is 0 Å². The summed E-state index contributed by atoms with van der Waals surface area (Å²) in [4.78, 5) is 0.345. The molecule has 0 aliphatic heterocycles. The molecule has 23 heavy (non-hydrogen) atoms. The second-order valence-electron chi connectivity index (χ2n) is 5.33. The molecule has 0 bridgehead atoms. The molecule has 0 aliphatic carbocycles. The average molecular weight is 334 g/mol. The van der Waals surface area contributed by atoms with Gasteiger partial charge in [-0.05, 0) is 42.7 Å². The minimum absolute atomic E-state index is 0.0592. The van der Waals surface area contributed by atoms with Crippen molar-refractivity contribution in [2.24, 2.45) is 0 Å². The first-order valence-corrected chi connectivity index (χ1v) is 9.37. The Morgan fingerprint density at radius 2 is 1.70 bits per heavy atom. The number of hydrogen-bond acceptors (Lipinski definition) is 4. The van der Waals surface area contributed by atoms with E-state index in [1.165, 1.54) is 0 Å². The monoisotopic (exact) mass is 334 g/mol. The second kappa shape index (κ2) is 8.13. The third-order valence-corrected chi connectivity index (χ3v) is 5.40. The predicted molar refractivity (Wildman–Crippen MR) is 90.3 cm³/mol. The number of sulfone groups is 1. The smallest absolute Gasteiger partial charge is 0.178 e. The molecule has 2 rings (SSSR count). The minimum atomic E-state index is -3.25. The highest BCUT2D eigenvalue weighted by Crippen LogP contribution is 2.20. The van der Waals surface area contributed by atoms with E-state index in [1.807, 2.05) is 19.1 Å². The molecule has 0 amide bonds. The quantitative estimate of drug-likeness (QED) is 0.752. The number of hydrogen-bond donors (Lipinski definition) is 1. The molecule has 1 atom stereocenters. The van der Waals surface area contributed by atoms with Gasteiger partial charge in [-0.1, -0.05) is 37.3 Å². The molecule has 1 N–H and O–H groups in total. The van der Waals surface area contributed by atoms with Crippen LogP contribution >= 0.6 is 0 Å². The van der Waals surface area contributed by atoms with Crippen molar-refractivity contribution in [1.29, 1.82) is 0 Å². The SMILES string of the molecule is CC[C@H](O)c1ccc(OCCCS(=O)(=O)c2ccccc2)cc1. The summed E-state index contributed by atoms with van der Waals surface area (Å²) in [6.07, 6.45) is 0.633. The van der Waals surface area contributed by atoms with Gasteiger partial charge in [0.1, 0.15) is 5.75 Å². The van der Waals surface area contributed by atoms with Crippen molar-refractivity contribution in [3.05, 3.63) is 60.2 Å². The minimum Gasteiger partial charge on any atom is -0.494 e. The third-order valence-electron chi connectivity index (χ3n) is 3.58. The van der Waals surface area contributed by atoms with E-state index in [0.717, 1.165) is 5.56 Å². The fourth-order valence-corrected chi connectivity index (χ4v) is 3.51. The Balaban J connectivity index is 1.81. The fourth-order valence-electron chi connectivity index (χ4n) is 2.21. The lowest BCUT2D eigenvalue weighted by Gasteiger charge is -2.10. The van der Waals surface area contributed by atoms with Crippen LogP contribution in [0.4, 0.5) is 0 Å². The molecule has 0 aromatic heterocycles. The Kier molecular flexibility index (Phi) is 6.19. The Morgan fingerprint density at radius 1 is 1.04 bits per heavy atom. The molecule has 0 saturated heterocycles. The van der Waals surface area contributed by atoms with E-state index in [0.29, 0.717) is 30.1 Å². The van der Waals surface area contributed by atoms with Crippen molar-refractivity contribution in [2.45, 2.75) is 30.8 Å². The van der Waals surface area contributed by atoms with Gasteiger partial charge in [0.15, 0.2) is 9.84 Å². The lowest BCUT2D eigenvalue weighted by atomic mass is 10.1. The van der Waals surface area contributed by atoms with Crippen LogP contribution in [-0.4, -0.2) is 25.9 Å². The molecule has 0 unspecified atom stereocenters. The van der Waals surface area contributed by atoms with Crippen molar-refractivity contribution >= 4 is 9.84 Å². The van der Waals surface area contributed by atoms with Gasteiger partial charge in [0.2, 0.25) is 0 Å². The number of aliphatic hydroxyl groups is 1. The molecular formula is C18H22O4S. The molecule has 5 heteroatoms. The number of ether oxygens (including phenoxy) is 1. The Morgan fingerprint density at radius 3 is 2.30 bits per heavy atom. The molecular weight excluding hydrogens is 312 g/mol. The maximum Gasteiger partial charge on any atom is 0.178 e. The summed E-state index contributed by atoms with van der Waals surface area (Å²) in [7, 11) is -3.25. The van der Waals surface area contributed by atoms with Crippen LogP contribution in [0.2, 0.25) is 0 Å². The molecule has 4 nitrogen and oxygen atoms in total. The first-order valence-electron chi connectivity index (χ1n) is 7.71. The van der Waals surface area contributed by atoms with Crippen molar-refractivity contribution < 1.29 is 18.3 Å². The number of rotatable bonds is 8. The van der Waals surface area contributed by atoms with Gasteiger partial charge >= 0.3 is 0 Å². The first kappa shape index (κ1) is 17.5. The molecule has 2 aromatic carbocycles. The highest BCUT2D eigenvalue weighted by molar-refractivity contribution is 7.91. The second-order valence-corrected chi connectivity index (χ2v) is 7.44. The molecule has 0 fully saturated rings. The van der Waals surface area contributed by atoms with Crippen molar-refractivity contribution in [3.8, 4) is 5.75 Å². The van der Waals surface area contributed by atoms with Crippen molar-refractivity contribution in [2.75, 3.05) is 12.4 Å². The van der Waals surface area contributed by atoms with Crippen LogP contribution in [0.3, 0.4) is 0 Å². The van der Waals surface area contributed by atoms with E-state index in [-0.39, 0.29) is 5.75 Å². The van der Waals surface area contributed by atoms with Gasteiger partial charge in [-0.2, -0.15) is 0 Å². The highest BCUT2D eigenvalue weighted by atomic mass is 32.2. The summed E-state index contributed by atoms with van der Waals surface area (Å²) in [6.45, 7) is 2.25. The summed E-state index contributed by atoms with van der Waals surface area (Å²) in [5.74, 6) is 0.734. The first-order chi connectivity index (χ1) is 11.0. The highest BCUT2D eigenvalue weighted by Gasteiger charge is 2.13. The zero-order valence-corrected chi connectivity index (χ0v) is 14.0. The van der Waals surface area contributed by atoms with E-state index < -0.39 is 15.9 Å². The Bertz CT molecular complexity index is 694. The summed E-state index contributed by atoms with van der Waals surface area (Å²) in [6, 6.07) is 15.7. The van der Waals surface area contributed by atoms with Gasteiger partial charge in [-0.25, -0.2) is 8.42 Å². The molecule has 2 aromatic rings. The van der Waals surface area contributed by atoms with Crippen LogP contribution in [0.25, 0.3) is 0 Å². The average Bonchev–Trinajstić information content (AvgIpc) is 2.59. The Hall–Kier alpha value is -1.85. The molecule has 0 aliphatic rings. The van der Waals surface area contributed by atoms with E-state index in [9.17, 15) is 13.5 Å². The van der Waals surface area contributed by atoms with Gasteiger partial charge < -0.3 is 9.84 Å². The zero-order chi connectivity index (χ0) is 16.7. The Labute approximate surface area is 137 Å². The van der Waals surface area contributed by atoms with Gasteiger partial charge in [-0.3, -0.25) is 0 Å². The lowest BCUT2D eigenvalue weighted by Crippen LogP contribution is -2.10. The van der Waals surface area contributed by atoms with Gasteiger partial charge in [0, 0.05) is 0 Å². The summed E-state index contributed by atoms with van der Waals surface area (Å²) >= 11 is 0. The molecule has 0 saturated carbocycles. The van der Waals surface area contributed by atoms with E-state index in [4.69, 9.17) is 4.74 Å². The van der Waals surface area contributed by atoms with E-state index in [2.05, 4.69) is 0 Å². The van der Waals surface area contributed by atoms with Gasteiger partial charge in [0.25, 0.3) is 0 Å². The van der Waals surface area contributed by atoms with Crippen LogP contribution in [0.5, 0.6) is 5.75 Å². The normalized spacial score (nSPS) is 12.8. The molecule has 124 valence electrons. The van der Waals surface area contributed by atoms with Crippen LogP contribution in [0, 0.1) is 0 Å². The van der Waals surface area contributed by atoms with E-state index >= 15 is 0 Å². The van der Waals surface area contributed by atoms with Crippen LogP contribution in [0.15, 0.2) is 59.5 Å². The van der Waals surface area contributed by atoms with Crippen molar-refractivity contribution in [1.82, 2.24) is 0 Å². The summed E-state index contributed by atoms with van der Waals surface area (Å²) < 4.78 is 29.8. The van der Waals surface area contributed by atoms with Crippen LogP contribution in [0.1, 0.15) is 31.4 Å². The largest absolute Gasteiger partial charge is 0.494 e. The summed E-state index contributed by atoms with van der Waals surface area (Å²) in [5, 5.41) is 9.72. The van der Waals surface area contributed by atoms with Crippen molar-refractivity contribution in [3.63, 3.8) is 0 Å². The van der Waals surface area contributed by atoms with E-state index in [1.54, 1.807) is 42.5 Å². The third kappa shape index (κ3) is 5.08. The van der Waals surface area contributed by atoms with Crippen LogP contribution in [-0.2, 0) is 9.84 Å². The topological polar surface area (TPSA) is 63.6 Å². The number of aliphatic hydroxyl groups excluding tert-OH is 1. The maximum absolute atomic E-state index is 12.1. The fraction of sp³-hybridized carbons (Fsp3) is 0.333. The predicted octanol–water partition coefficient (Wildman–Crippen LogP) is 3.37. The standard InChI is InChI=1S/C18H22O4S/c1-2-18(19)15-9-11-16(12-10-15)22-13-6-14-23(20,21)17-7-4-3-5-8-17/h3-5,7-12,18-19H,2,6,13-14H2,1H3/t18-/m0/s1. The number of benzene rings is 2. The van der Waals surface area contributed by atoms with Gasteiger partial charge in [0.05, 0.1) is 23.4 Å². The molecule has 0 radical (unpaired) electrons. The molecule has 0 spiro atoms.